The van der Waals surface area contributed by atoms with E-state index in [0.29, 0.717) is 28.2 Å². The van der Waals surface area contributed by atoms with Gasteiger partial charge < -0.3 is 19.5 Å². The Labute approximate surface area is 199 Å². The van der Waals surface area contributed by atoms with E-state index in [2.05, 4.69) is 10.3 Å². The van der Waals surface area contributed by atoms with Gasteiger partial charge in [0.25, 0.3) is 0 Å². The number of aromatic nitrogens is 1. The minimum Gasteiger partial charge on any atom is -0.493 e. The molecule has 1 unspecified atom stereocenters. The van der Waals surface area contributed by atoms with Crippen molar-refractivity contribution >= 4 is 40.7 Å². The van der Waals surface area contributed by atoms with Gasteiger partial charge >= 0.3 is 11.9 Å². The van der Waals surface area contributed by atoms with Gasteiger partial charge in [-0.05, 0) is 24.3 Å². The van der Waals surface area contributed by atoms with E-state index < -0.39 is 29.6 Å². The highest BCUT2D eigenvalue weighted by atomic mass is 19.1. The lowest BCUT2D eigenvalue weighted by atomic mass is 10.1. The van der Waals surface area contributed by atoms with Crippen molar-refractivity contribution in [2.45, 2.75) is 0 Å². The van der Waals surface area contributed by atoms with Crippen LogP contribution in [0, 0.1) is 11.7 Å². The maximum Gasteiger partial charge on any atom is 0.499 e. The number of fused-ring (bicyclic) bond motifs is 1. The minimum atomic E-state index is -1.23. The van der Waals surface area contributed by atoms with Crippen molar-refractivity contribution in [3.63, 3.8) is 0 Å². The number of carbonyl (C=O) groups excluding carboxylic acids is 3. The van der Waals surface area contributed by atoms with Crippen LogP contribution in [0.25, 0.3) is 10.9 Å². The van der Waals surface area contributed by atoms with Crippen LogP contribution in [-0.4, -0.2) is 66.8 Å². The van der Waals surface area contributed by atoms with E-state index in [1.54, 1.807) is 18.2 Å². The van der Waals surface area contributed by atoms with Crippen molar-refractivity contribution < 1.29 is 37.6 Å². The van der Waals surface area contributed by atoms with Gasteiger partial charge in [-0.25, -0.2) is 13.8 Å². The molecule has 0 saturated carbocycles. The van der Waals surface area contributed by atoms with E-state index in [-0.39, 0.29) is 11.4 Å². The van der Waals surface area contributed by atoms with E-state index in [9.17, 15) is 18.8 Å². The minimum absolute atomic E-state index is 0.0874. The smallest absolute Gasteiger partial charge is 0.493 e. The van der Waals surface area contributed by atoms with Gasteiger partial charge in [0.2, 0.25) is 5.91 Å². The highest BCUT2D eigenvalue weighted by molar-refractivity contribution is 6.20. The molecule has 1 atom stereocenters. The first-order chi connectivity index (χ1) is 16.7. The zero-order valence-electron chi connectivity index (χ0n) is 19.4. The molecular formula is C24H22FN4O6+. The number of hydrogen-bond acceptors (Lipinski definition) is 7. The summed E-state index contributed by atoms with van der Waals surface area (Å²) in [6.07, 6.45) is 2.73. The first kappa shape index (κ1) is 23.6. The lowest BCUT2D eigenvalue weighted by Gasteiger charge is -2.19. The van der Waals surface area contributed by atoms with Crippen LogP contribution in [0.2, 0.25) is 0 Å². The molecule has 4 rings (SSSR count). The number of benzene rings is 2. The van der Waals surface area contributed by atoms with Crippen LogP contribution in [-0.2, 0) is 9.59 Å². The predicted molar refractivity (Wildman–Crippen MR) is 124 cm³/mol. The number of nitrogens with one attached hydrogen (secondary N) is 1. The van der Waals surface area contributed by atoms with E-state index in [1.807, 2.05) is 0 Å². The number of urea groups is 1. The summed E-state index contributed by atoms with van der Waals surface area (Å²) in [4.78, 5) is 41.9. The number of halogens is 1. The largest absolute Gasteiger partial charge is 0.499 e. The molecule has 10 nitrogen and oxygen atoms in total. The maximum atomic E-state index is 14.9. The van der Waals surface area contributed by atoms with Crippen molar-refractivity contribution in [1.29, 1.82) is 0 Å². The van der Waals surface area contributed by atoms with Crippen molar-refractivity contribution in [2.75, 3.05) is 33.6 Å². The van der Waals surface area contributed by atoms with Crippen LogP contribution < -0.4 is 19.5 Å². The van der Waals surface area contributed by atoms with E-state index in [4.69, 9.17) is 14.2 Å². The van der Waals surface area contributed by atoms with Crippen LogP contribution >= 0.6 is 0 Å². The van der Waals surface area contributed by atoms with Gasteiger partial charge in [-0.15, -0.1) is 0 Å². The van der Waals surface area contributed by atoms with Gasteiger partial charge in [-0.1, -0.05) is 0 Å². The molecule has 1 N–H and O–H groups in total. The average Bonchev–Trinajstić information content (AvgIpc) is 2.85. The Morgan fingerprint density at radius 3 is 2.46 bits per heavy atom. The topological polar surface area (TPSA) is 110 Å². The number of carbonyl (C=O) groups is 3. The first-order valence-electron chi connectivity index (χ1n) is 10.4. The molecule has 3 aromatic rings. The van der Waals surface area contributed by atoms with Crippen LogP contribution in [0.15, 0.2) is 42.6 Å². The zero-order valence-corrected chi connectivity index (χ0v) is 19.4. The van der Waals surface area contributed by atoms with Crippen LogP contribution in [0.1, 0.15) is 0 Å². The third-order valence-corrected chi connectivity index (χ3v) is 5.47. The van der Waals surface area contributed by atoms with Crippen molar-refractivity contribution in [3.8, 4) is 23.0 Å². The van der Waals surface area contributed by atoms with Crippen molar-refractivity contribution in [3.05, 3.63) is 48.4 Å². The quantitative estimate of drug-likeness (QED) is 0.426. The number of pyridine rings is 1. The molecule has 11 heteroatoms. The Morgan fingerprint density at radius 1 is 1.06 bits per heavy atom. The highest BCUT2D eigenvalue weighted by Gasteiger charge is 2.42. The fraction of sp³-hybridized carbons (Fsp3) is 0.208. The molecule has 4 amide bonds. The van der Waals surface area contributed by atoms with Crippen molar-refractivity contribution in [1.82, 2.24) is 9.88 Å². The molecule has 1 aliphatic rings. The lowest BCUT2D eigenvalue weighted by molar-refractivity contribution is -0.400. The van der Waals surface area contributed by atoms with Crippen LogP contribution in [0.4, 0.5) is 14.9 Å². The van der Waals surface area contributed by atoms with Gasteiger partial charge in [0.1, 0.15) is 5.75 Å². The Morgan fingerprint density at radius 2 is 1.77 bits per heavy atom. The molecule has 1 aromatic heterocycles. The maximum absolute atomic E-state index is 14.9. The normalized spacial score (nSPS) is 15.6. The fourth-order valence-corrected chi connectivity index (χ4v) is 3.61. The molecular weight excluding hydrogens is 459 g/mol. The number of anilines is 1. The summed E-state index contributed by atoms with van der Waals surface area (Å²) in [5.41, 5.74) is 0.681. The summed E-state index contributed by atoms with van der Waals surface area (Å²) in [5.74, 6) is -2.14. The Hall–Kier alpha value is -4.54. The number of ether oxygens (including phenoxy) is 3. The third kappa shape index (κ3) is 4.47. The molecule has 0 aliphatic carbocycles. The molecule has 1 aliphatic heterocycles. The first-order valence-corrected chi connectivity index (χ1v) is 10.4. The molecule has 0 radical (unpaired) electrons. The zero-order chi connectivity index (χ0) is 25.3. The van der Waals surface area contributed by atoms with Gasteiger partial charge in [-0.2, -0.15) is 9.69 Å². The van der Waals surface area contributed by atoms with Gasteiger partial charge in [-0.3, -0.25) is 9.78 Å². The van der Waals surface area contributed by atoms with Crippen LogP contribution in [0.5, 0.6) is 23.0 Å². The molecule has 2 aromatic carbocycles. The highest BCUT2D eigenvalue weighted by Crippen LogP contribution is 2.37. The van der Waals surface area contributed by atoms with E-state index in [0.717, 1.165) is 15.5 Å². The number of hydrogen-bond donors (Lipinski definition) is 1. The third-order valence-electron chi connectivity index (χ3n) is 5.47. The molecule has 180 valence electrons. The van der Waals surface area contributed by atoms with Gasteiger partial charge in [0.05, 0.1) is 40.0 Å². The molecule has 0 saturated heterocycles. The molecule has 0 bridgehead atoms. The Bertz CT molecular complexity index is 1390. The van der Waals surface area contributed by atoms with E-state index >= 15 is 0 Å². The number of nitrogens with zero attached hydrogens (tertiary/aromatic N) is 3. The van der Waals surface area contributed by atoms with Gasteiger partial charge in [0.15, 0.2) is 29.0 Å². The summed E-state index contributed by atoms with van der Waals surface area (Å²) in [6.45, 7) is 0. The molecule has 2 heterocycles. The molecule has 35 heavy (non-hydrogen) atoms. The number of imide groups is 1. The second-order valence-electron chi connectivity index (χ2n) is 7.69. The summed E-state index contributed by atoms with van der Waals surface area (Å²) in [6, 6.07) is 8.27. The Balaban J connectivity index is 1.57. The lowest BCUT2D eigenvalue weighted by Crippen LogP contribution is -2.51. The van der Waals surface area contributed by atoms with Crippen LogP contribution in [0.3, 0.4) is 0 Å². The second kappa shape index (κ2) is 9.37. The number of rotatable bonds is 6. The summed E-state index contributed by atoms with van der Waals surface area (Å²) < 4.78 is 32.4. The van der Waals surface area contributed by atoms with Gasteiger partial charge in [0, 0.05) is 29.4 Å². The molecule has 0 fully saturated rings. The van der Waals surface area contributed by atoms with Crippen molar-refractivity contribution in [2.24, 2.45) is 5.92 Å². The molecule has 0 spiro atoms. The predicted octanol–water partition coefficient (Wildman–Crippen LogP) is 3.04. The fourth-order valence-electron chi connectivity index (χ4n) is 3.61. The number of methoxy groups -OCH3 is 2. The standard InChI is InChI=1S/C24H21FN4O6/c1-28-12-15(23(31)29(2)24(28)32)22(30)27-13-5-6-19(16(25)9-13)35-18-7-8-26-17-11-21(34-4)20(33-3)10-14(17)18/h5-12,15H,1-4H3/p+1. The Kier molecular flexibility index (Phi) is 6.32. The second-order valence-corrected chi connectivity index (χ2v) is 7.69. The summed E-state index contributed by atoms with van der Waals surface area (Å²) >= 11 is 0. The summed E-state index contributed by atoms with van der Waals surface area (Å²) in [7, 11) is 5.73. The monoisotopic (exact) mass is 481 g/mol. The van der Waals surface area contributed by atoms with E-state index in [1.165, 1.54) is 52.9 Å². The SMILES string of the molecule is COc1cc2nccc(Oc3ccc(NC(=O)C4C=[N+](C)C(=O)N(C)C4=O)cc3F)c2cc1OC. The average molecular weight is 481 g/mol. The number of amides is 4. The summed E-state index contributed by atoms with van der Waals surface area (Å²) in [5, 5.41) is 3.08.